The summed E-state index contributed by atoms with van der Waals surface area (Å²) in [6, 6.07) is -0.240. The number of likely N-dealkylation sites (tertiary alicyclic amines) is 1. The average Bonchev–Trinajstić information content (AvgIpc) is 3.30. The summed E-state index contributed by atoms with van der Waals surface area (Å²) in [6.07, 6.45) is 4.59. The predicted molar refractivity (Wildman–Crippen MR) is 114 cm³/mol. The highest BCUT2D eigenvalue weighted by molar-refractivity contribution is 5.86. The molecule has 2 saturated heterocycles. The molecule has 2 atom stereocenters. The Kier molecular flexibility index (Phi) is 17.8. The van der Waals surface area contributed by atoms with Crippen LogP contribution in [0.5, 0.6) is 0 Å². The Morgan fingerprint density at radius 3 is 2.11 bits per heavy atom. The van der Waals surface area contributed by atoms with Crippen LogP contribution in [0.4, 0.5) is 0 Å². The first-order valence-electron chi connectivity index (χ1n) is 10.8. The number of amides is 3. The van der Waals surface area contributed by atoms with Crippen molar-refractivity contribution in [2.24, 2.45) is 0 Å². The number of carbonyl (C=O) groups excluding carboxylic acids is 3. The van der Waals surface area contributed by atoms with Crippen LogP contribution in [0.1, 0.15) is 73.6 Å². The average molecular weight is 402 g/mol. The van der Waals surface area contributed by atoms with E-state index in [1.807, 2.05) is 41.7 Å². The second-order valence-corrected chi connectivity index (χ2v) is 6.19. The van der Waals surface area contributed by atoms with E-state index < -0.39 is 0 Å². The summed E-state index contributed by atoms with van der Waals surface area (Å²) >= 11 is 0. The van der Waals surface area contributed by atoms with Crippen LogP contribution in [0.25, 0.3) is 0 Å². The first-order chi connectivity index (χ1) is 13.4. The maximum Gasteiger partial charge on any atom is 0.251 e. The number of hydrogen-bond donors (Lipinski definition) is 1. The Bertz CT molecular complexity index is 437. The molecule has 2 aliphatic heterocycles. The van der Waals surface area contributed by atoms with Crippen LogP contribution in [0, 0.1) is 0 Å². The number of nitrogens with one attached hydrogen (secondary N) is 1. The molecule has 2 rings (SSSR count). The fourth-order valence-corrected chi connectivity index (χ4v) is 2.92. The predicted octanol–water partition coefficient (Wildman–Crippen LogP) is 2.83. The van der Waals surface area contributed by atoms with Crippen LogP contribution in [0.2, 0.25) is 0 Å². The molecule has 2 heterocycles. The fourth-order valence-electron chi connectivity index (χ4n) is 2.92. The van der Waals surface area contributed by atoms with Gasteiger partial charge in [0.15, 0.2) is 0 Å². The zero-order valence-electron chi connectivity index (χ0n) is 19.3. The second-order valence-electron chi connectivity index (χ2n) is 6.19. The topological polar surface area (TPSA) is 79.0 Å². The van der Waals surface area contributed by atoms with Crippen molar-refractivity contribution in [2.75, 3.05) is 33.8 Å². The summed E-state index contributed by atoms with van der Waals surface area (Å²) in [5.74, 6) is 0.0770. The fraction of sp³-hybridized carbons (Fsp3) is 0.857. The first-order valence-corrected chi connectivity index (χ1v) is 10.8. The lowest BCUT2D eigenvalue weighted by Crippen LogP contribution is -2.50. The van der Waals surface area contributed by atoms with Crippen molar-refractivity contribution in [3.8, 4) is 0 Å². The molecule has 2 fully saturated rings. The molecule has 0 spiro atoms. The smallest absolute Gasteiger partial charge is 0.251 e. The normalized spacial score (nSPS) is 20.2. The molecule has 0 saturated carbocycles. The van der Waals surface area contributed by atoms with Crippen LogP contribution < -0.4 is 5.32 Å². The molecule has 1 N–H and O–H groups in total. The summed E-state index contributed by atoms with van der Waals surface area (Å²) < 4.78 is 5.25. The number of rotatable bonds is 3. The van der Waals surface area contributed by atoms with Crippen molar-refractivity contribution in [2.45, 2.75) is 85.8 Å². The number of ether oxygens (including phenoxy) is 1. The SMILES string of the molecule is CC.CC.CCN(C)C(=O)C1CCCO1.CNC(=O)C1CCCCN1C(C)=O. The molecule has 166 valence electrons. The summed E-state index contributed by atoms with van der Waals surface area (Å²) in [5.41, 5.74) is 0. The lowest BCUT2D eigenvalue weighted by Gasteiger charge is -2.33. The number of likely N-dealkylation sites (N-methyl/N-ethyl adjacent to an activating group) is 2. The number of nitrogens with zero attached hydrogens (tertiary/aromatic N) is 2. The minimum atomic E-state index is -0.240. The Labute approximate surface area is 172 Å². The molecule has 0 aromatic heterocycles. The third-order valence-electron chi connectivity index (χ3n) is 4.51. The third kappa shape index (κ3) is 10.1. The van der Waals surface area contributed by atoms with Gasteiger partial charge in [-0.25, -0.2) is 0 Å². The van der Waals surface area contributed by atoms with E-state index >= 15 is 0 Å². The molecular formula is C21H43N3O4. The standard InChI is InChI=1S/C9H16N2O2.C8H15NO2.2C2H6/c1-7(12)11-6-4-3-5-8(11)9(13)10-2;1-3-9(2)8(10)7-5-4-6-11-7;2*1-2/h8H,3-6H2,1-2H3,(H,10,13);7H,3-6H2,1-2H3;2*1-2H3. The van der Waals surface area contributed by atoms with E-state index in [4.69, 9.17) is 4.74 Å². The van der Waals surface area contributed by atoms with Gasteiger partial charge in [-0.2, -0.15) is 0 Å². The van der Waals surface area contributed by atoms with E-state index in [9.17, 15) is 14.4 Å². The zero-order valence-corrected chi connectivity index (χ0v) is 19.3. The summed E-state index contributed by atoms with van der Waals surface area (Å²) in [4.78, 5) is 37.3. The van der Waals surface area contributed by atoms with Crippen LogP contribution in [-0.4, -0.2) is 73.5 Å². The third-order valence-corrected chi connectivity index (χ3v) is 4.51. The lowest BCUT2D eigenvalue weighted by molar-refractivity contribution is -0.140. The van der Waals surface area contributed by atoms with E-state index in [1.54, 1.807) is 16.8 Å². The molecule has 0 aromatic rings. The lowest BCUT2D eigenvalue weighted by atomic mass is 10.0. The van der Waals surface area contributed by atoms with Crippen LogP contribution >= 0.6 is 0 Å². The quantitative estimate of drug-likeness (QED) is 0.789. The Morgan fingerprint density at radius 2 is 1.68 bits per heavy atom. The summed E-state index contributed by atoms with van der Waals surface area (Å²) in [7, 11) is 3.42. The number of hydrogen-bond acceptors (Lipinski definition) is 4. The van der Waals surface area contributed by atoms with Gasteiger partial charge in [0.25, 0.3) is 5.91 Å². The van der Waals surface area contributed by atoms with Crippen LogP contribution in [0.3, 0.4) is 0 Å². The van der Waals surface area contributed by atoms with Gasteiger partial charge in [-0.15, -0.1) is 0 Å². The van der Waals surface area contributed by atoms with Gasteiger partial charge in [-0.3, -0.25) is 14.4 Å². The largest absolute Gasteiger partial charge is 0.368 e. The minimum absolute atomic E-state index is 0.00620. The van der Waals surface area contributed by atoms with Crippen molar-refractivity contribution < 1.29 is 19.1 Å². The van der Waals surface area contributed by atoms with E-state index in [-0.39, 0.29) is 29.9 Å². The molecule has 0 bridgehead atoms. The first kappa shape index (κ1) is 28.6. The van der Waals surface area contributed by atoms with Gasteiger partial charge in [0.05, 0.1) is 0 Å². The molecule has 0 radical (unpaired) electrons. The molecule has 0 aromatic carbocycles. The maximum atomic E-state index is 11.4. The highest BCUT2D eigenvalue weighted by Crippen LogP contribution is 2.17. The van der Waals surface area contributed by atoms with Crippen molar-refractivity contribution in [3.63, 3.8) is 0 Å². The zero-order chi connectivity index (χ0) is 22.1. The van der Waals surface area contributed by atoms with E-state index in [1.165, 1.54) is 6.92 Å². The highest BCUT2D eigenvalue weighted by atomic mass is 16.5. The number of carbonyl (C=O) groups is 3. The summed E-state index contributed by atoms with van der Waals surface area (Å²) in [6.45, 7) is 13.7. The highest BCUT2D eigenvalue weighted by Gasteiger charge is 2.29. The van der Waals surface area contributed by atoms with Crippen molar-refractivity contribution >= 4 is 17.7 Å². The maximum absolute atomic E-state index is 11.4. The molecule has 7 nitrogen and oxygen atoms in total. The van der Waals surface area contributed by atoms with E-state index in [2.05, 4.69) is 5.32 Å². The van der Waals surface area contributed by atoms with Crippen molar-refractivity contribution in [1.82, 2.24) is 15.1 Å². The Morgan fingerprint density at radius 1 is 1.07 bits per heavy atom. The van der Waals surface area contributed by atoms with Gasteiger partial charge in [0.2, 0.25) is 11.8 Å². The van der Waals surface area contributed by atoms with E-state index in [0.717, 1.165) is 45.3 Å². The second kappa shape index (κ2) is 17.5. The monoisotopic (exact) mass is 401 g/mol. The van der Waals surface area contributed by atoms with Crippen molar-refractivity contribution in [3.05, 3.63) is 0 Å². The minimum Gasteiger partial charge on any atom is -0.368 e. The number of piperidine rings is 1. The van der Waals surface area contributed by atoms with Gasteiger partial charge in [0.1, 0.15) is 12.1 Å². The Hall–Kier alpha value is -1.63. The van der Waals surface area contributed by atoms with E-state index in [0.29, 0.717) is 6.54 Å². The van der Waals surface area contributed by atoms with Gasteiger partial charge in [-0.1, -0.05) is 27.7 Å². The van der Waals surface area contributed by atoms with Crippen molar-refractivity contribution in [1.29, 1.82) is 0 Å². The summed E-state index contributed by atoms with van der Waals surface area (Å²) in [5, 5.41) is 2.59. The molecule has 28 heavy (non-hydrogen) atoms. The van der Waals surface area contributed by atoms with Gasteiger partial charge < -0.3 is 19.9 Å². The molecule has 7 heteroatoms. The molecule has 2 aliphatic rings. The molecule has 3 amide bonds. The molecule has 2 unspecified atom stereocenters. The van der Waals surface area contributed by atoms with Crippen LogP contribution in [0.15, 0.2) is 0 Å². The molecular weight excluding hydrogens is 358 g/mol. The Balaban J connectivity index is 0. The van der Waals surface area contributed by atoms with Gasteiger partial charge in [0, 0.05) is 40.7 Å². The van der Waals surface area contributed by atoms with Gasteiger partial charge in [-0.05, 0) is 39.0 Å². The molecule has 0 aliphatic carbocycles. The van der Waals surface area contributed by atoms with Gasteiger partial charge >= 0.3 is 0 Å². The van der Waals surface area contributed by atoms with Crippen LogP contribution in [-0.2, 0) is 19.1 Å².